The summed E-state index contributed by atoms with van der Waals surface area (Å²) in [6.45, 7) is 0. The van der Waals surface area contributed by atoms with Crippen LogP contribution in [0, 0.1) is 0 Å². The Morgan fingerprint density at radius 1 is 1.00 bits per heavy atom. The molecule has 19 heavy (non-hydrogen) atoms. The smallest absolute Gasteiger partial charge is 0.189 e. The van der Waals surface area contributed by atoms with Gasteiger partial charge in [0.15, 0.2) is 5.43 Å². The average Bonchev–Trinajstić information content (AvgIpc) is 2.44. The van der Waals surface area contributed by atoms with Gasteiger partial charge in [-0.3, -0.25) is 4.79 Å². The van der Waals surface area contributed by atoms with Gasteiger partial charge in [-0.15, -0.1) is 0 Å². The Balaban J connectivity index is 1.97. The van der Waals surface area contributed by atoms with Crippen molar-refractivity contribution < 1.29 is 4.74 Å². The monoisotopic (exact) mass is 267 g/mol. The molecule has 1 N–H and O–H groups in total. The SMILES string of the molecule is O=c1cc[nH]c2cc3c(cc12)Oc1ccccc1S3. The molecule has 0 unspecified atom stereocenters. The third-order valence-electron chi connectivity index (χ3n) is 3.11. The van der Waals surface area contributed by atoms with Crippen LogP contribution in [-0.2, 0) is 0 Å². The highest BCUT2D eigenvalue weighted by molar-refractivity contribution is 7.99. The first kappa shape index (κ1) is 10.7. The molecule has 3 aromatic rings. The lowest BCUT2D eigenvalue weighted by Gasteiger charge is -2.19. The number of ether oxygens (including phenoxy) is 1. The van der Waals surface area contributed by atoms with Crippen molar-refractivity contribution in [3.8, 4) is 11.5 Å². The Kier molecular flexibility index (Phi) is 2.19. The lowest BCUT2D eigenvalue weighted by molar-refractivity contribution is 0.455. The van der Waals surface area contributed by atoms with Crippen LogP contribution in [0.5, 0.6) is 11.5 Å². The Hall–Kier alpha value is -2.20. The second kappa shape index (κ2) is 3.90. The van der Waals surface area contributed by atoms with Crippen LogP contribution in [0.15, 0.2) is 63.2 Å². The molecule has 2 heterocycles. The maximum absolute atomic E-state index is 11.8. The second-order valence-electron chi connectivity index (χ2n) is 4.34. The molecule has 0 aliphatic carbocycles. The van der Waals surface area contributed by atoms with Gasteiger partial charge in [-0.1, -0.05) is 23.9 Å². The van der Waals surface area contributed by atoms with Crippen molar-refractivity contribution in [1.29, 1.82) is 0 Å². The average molecular weight is 267 g/mol. The molecule has 0 amide bonds. The first-order valence-corrected chi connectivity index (χ1v) is 6.73. The van der Waals surface area contributed by atoms with E-state index in [-0.39, 0.29) is 5.43 Å². The van der Waals surface area contributed by atoms with Gasteiger partial charge in [0.2, 0.25) is 0 Å². The van der Waals surface area contributed by atoms with Crippen molar-refractivity contribution in [2.24, 2.45) is 0 Å². The molecular weight excluding hydrogens is 258 g/mol. The largest absolute Gasteiger partial charge is 0.455 e. The molecule has 0 atom stereocenters. The molecule has 1 aliphatic rings. The van der Waals surface area contributed by atoms with E-state index in [0.29, 0.717) is 5.39 Å². The quantitative estimate of drug-likeness (QED) is 0.527. The number of rotatable bonds is 0. The highest BCUT2D eigenvalue weighted by atomic mass is 32.2. The van der Waals surface area contributed by atoms with Gasteiger partial charge in [-0.2, -0.15) is 0 Å². The van der Waals surface area contributed by atoms with E-state index >= 15 is 0 Å². The standard InChI is InChI=1S/C15H9NO2S/c17-11-5-6-16-10-8-15-13(7-9(10)11)18-12-3-1-2-4-14(12)19-15/h1-8H,(H,16,17). The van der Waals surface area contributed by atoms with Crippen molar-refractivity contribution in [2.75, 3.05) is 0 Å². The number of fused-ring (bicyclic) bond motifs is 3. The van der Waals surface area contributed by atoms with Crippen LogP contribution in [0.4, 0.5) is 0 Å². The molecule has 0 saturated heterocycles. The van der Waals surface area contributed by atoms with E-state index in [1.807, 2.05) is 36.4 Å². The van der Waals surface area contributed by atoms with Crippen LogP contribution in [0.3, 0.4) is 0 Å². The predicted molar refractivity (Wildman–Crippen MR) is 75.2 cm³/mol. The Morgan fingerprint density at radius 2 is 1.89 bits per heavy atom. The van der Waals surface area contributed by atoms with Gasteiger partial charge in [0.25, 0.3) is 0 Å². The van der Waals surface area contributed by atoms with Crippen LogP contribution >= 0.6 is 11.8 Å². The summed E-state index contributed by atoms with van der Waals surface area (Å²) in [5.41, 5.74) is 0.839. The predicted octanol–water partition coefficient (Wildman–Crippen LogP) is 3.79. The first-order valence-electron chi connectivity index (χ1n) is 5.91. The molecule has 2 aromatic carbocycles. The summed E-state index contributed by atoms with van der Waals surface area (Å²) >= 11 is 1.66. The summed E-state index contributed by atoms with van der Waals surface area (Å²) in [6.07, 6.45) is 1.67. The number of pyridine rings is 1. The minimum atomic E-state index is 0.00371. The van der Waals surface area contributed by atoms with Crippen molar-refractivity contribution in [2.45, 2.75) is 9.79 Å². The van der Waals surface area contributed by atoms with Gasteiger partial charge < -0.3 is 9.72 Å². The molecule has 1 aliphatic heterocycles. The molecule has 92 valence electrons. The van der Waals surface area contributed by atoms with Crippen LogP contribution < -0.4 is 10.2 Å². The van der Waals surface area contributed by atoms with Crippen molar-refractivity contribution >= 4 is 22.7 Å². The summed E-state index contributed by atoms with van der Waals surface area (Å²) in [5.74, 6) is 1.58. The molecule has 0 bridgehead atoms. The molecule has 0 spiro atoms. The first-order chi connectivity index (χ1) is 9.31. The topological polar surface area (TPSA) is 42.1 Å². The highest BCUT2D eigenvalue weighted by Crippen LogP contribution is 2.47. The van der Waals surface area contributed by atoms with Gasteiger partial charge in [0, 0.05) is 17.6 Å². The third-order valence-corrected chi connectivity index (χ3v) is 4.21. The molecule has 0 fully saturated rings. The zero-order valence-electron chi connectivity index (χ0n) is 9.84. The number of para-hydroxylation sites is 1. The molecular formula is C15H9NO2S. The molecule has 4 heteroatoms. The summed E-state index contributed by atoms with van der Waals surface area (Å²) in [7, 11) is 0. The van der Waals surface area contributed by atoms with E-state index in [0.717, 1.165) is 26.8 Å². The number of nitrogens with one attached hydrogen (secondary N) is 1. The van der Waals surface area contributed by atoms with Crippen molar-refractivity contribution in [3.63, 3.8) is 0 Å². The van der Waals surface area contributed by atoms with Gasteiger partial charge in [-0.05, 0) is 24.3 Å². The van der Waals surface area contributed by atoms with Crippen LogP contribution in [-0.4, -0.2) is 4.98 Å². The van der Waals surface area contributed by atoms with Gasteiger partial charge in [-0.25, -0.2) is 0 Å². The van der Waals surface area contributed by atoms with Crippen LogP contribution in [0.25, 0.3) is 10.9 Å². The Bertz CT molecular complexity index is 854. The normalized spacial score (nSPS) is 12.6. The minimum absolute atomic E-state index is 0.00371. The van der Waals surface area contributed by atoms with Crippen LogP contribution in [0.1, 0.15) is 0 Å². The van der Waals surface area contributed by atoms with E-state index in [2.05, 4.69) is 4.98 Å². The van der Waals surface area contributed by atoms with Crippen LogP contribution in [0.2, 0.25) is 0 Å². The second-order valence-corrected chi connectivity index (χ2v) is 5.42. The summed E-state index contributed by atoms with van der Waals surface area (Å²) in [4.78, 5) is 17.0. The molecule has 1 aromatic heterocycles. The molecule has 0 saturated carbocycles. The van der Waals surface area contributed by atoms with Crippen molar-refractivity contribution in [3.05, 3.63) is 58.9 Å². The molecule has 3 nitrogen and oxygen atoms in total. The van der Waals surface area contributed by atoms with Gasteiger partial charge in [0.1, 0.15) is 11.5 Å². The van der Waals surface area contributed by atoms with E-state index in [1.54, 1.807) is 18.0 Å². The van der Waals surface area contributed by atoms with Gasteiger partial charge in [0.05, 0.1) is 15.3 Å². The molecule has 0 radical (unpaired) electrons. The van der Waals surface area contributed by atoms with Gasteiger partial charge >= 0.3 is 0 Å². The van der Waals surface area contributed by atoms with E-state index in [4.69, 9.17) is 4.74 Å². The fourth-order valence-electron chi connectivity index (χ4n) is 2.20. The maximum Gasteiger partial charge on any atom is 0.189 e. The van der Waals surface area contributed by atoms with Crippen molar-refractivity contribution in [1.82, 2.24) is 4.98 Å². The number of hydrogen-bond donors (Lipinski definition) is 1. The number of hydrogen-bond acceptors (Lipinski definition) is 3. The fourth-order valence-corrected chi connectivity index (χ4v) is 3.17. The Labute approximate surface area is 113 Å². The zero-order chi connectivity index (χ0) is 12.8. The fraction of sp³-hybridized carbons (Fsp3) is 0. The molecule has 4 rings (SSSR count). The zero-order valence-corrected chi connectivity index (χ0v) is 10.7. The maximum atomic E-state index is 11.8. The lowest BCUT2D eigenvalue weighted by Crippen LogP contribution is -2.02. The number of benzene rings is 2. The van der Waals surface area contributed by atoms with E-state index in [1.165, 1.54) is 6.07 Å². The Morgan fingerprint density at radius 3 is 2.84 bits per heavy atom. The lowest BCUT2D eigenvalue weighted by atomic mass is 10.2. The van der Waals surface area contributed by atoms with E-state index < -0.39 is 0 Å². The summed E-state index contributed by atoms with van der Waals surface area (Å²) in [5, 5.41) is 0.654. The third kappa shape index (κ3) is 1.64. The minimum Gasteiger partial charge on any atom is -0.455 e. The summed E-state index contributed by atoms with van der Waals surface area (Å²) < 4.78 is 5.87. The number of aromatic nitrogens is 1. The van der Waals surface area contributed by atoms with E-state index in [9.17, 15) is 4.79 Å². The number of aromatic amines is 1. The summed E-state index contributed by atoms with van der Waals surface area (Å²) in [6, 6.07) is 13.2. The number of H-pyrrole nitrogens is 1. The highest BCUT2D eigenvalue weighted by Gasteiger charge is 2.18.